The first-order chi connectivity index (χ1) is 8.60. The van der Waals surface area contributed by atoms with E-state index in [4.69, 9.17) is 10.00 Å². The van der Waals surface area contributed by atoms with E-state index in [9.17, 15) is 8.60 Å². The molecule has 2 rings (SSSR count). The fraction of sp³-hybridized carbons (Fsp3) is 0.462. The van der Waals surface area contributed by atoms with E-state index in [1.54, 1.807) is 6.07 Å². The van der Waals surface area contributed by atoms with Gasteiger partial charge in [-0.15, -0.1) is 0 Å². The maximum absolute atomic E-state index is 13.2. The quantitative estimate of drug-likeness (QED) is 0.843. The van der Waals surface area contributed by atoms with Crippen molar-refractivity contribution in [3.05, 3.63) is 35.1 Å². The van der Waals surface area contributed by atoms with Gasteiger partial charge in [0.15, 0.2) is 0 Å². The second kappa shape index (κ2) is 5.59. The Bertz CT molecular complexity index is 512. The van der Waals surface area contributed by atoms with E-state index in [0.29, 0.717) is 12.2 Å². The lowest BCUT2D eigenvalue weighted by molar-refractivity contribution is 0.127. The highest BCUT2D eigenvalue weighted by Gasteiger charge is 2.29. The first-order valence-corrected chi connectivity index (χ1v) is 7.16. The highest BCUT2D eigenvalue weighted by atomic mass is 32.2. The average Bonchev–Trinajstić information content (AvgIpc) is 2.74. The van der Waals surface area contributed by atoms with Crippen molar-refractivity contribution in [2.45, 2.75) is 30.5 Å². The van der Waals surface area contributed by atoms with Gasteiger partial charge in [0.05, 0.1) is 23.0 Å². The summed E-state index contributed by atoms with van der Waals surface area (Å²) in [6.45, 7) is 2.53. The lowest BCUT2D eigenvalue weighted by atomic mass is 10.1. The molecule has 1 fully saturated rings. The fourth-order valence-electron chi connectivity index (χ4n) is 2.13. The van der Waals surface area contributed by atoms with Gasteiger partial charge in [0.2, 0.25) is 0 Å². The van der Waals surface area contributed by atoms with Gasteiger partial charge in [-0.25, -0.2) is 4.39 Å². The van der Waals surface area contributed by atoms with Crippen LogP contribution >= 0.6 is 0 Å². The van der Waals surface area contributed by atoms with Crippen LogP contribution in [0.3, 0.4) is 0 Å². The molecule has 3 unspecified atom stereocenters. The van der Waals surface area contributed by atoms with Crippen molar-refractivity contribution in [3.8, 4) is 6.07 Å². The number of rotatable bonds is 3. The van der Waals surface area contributed by atoms with Gasteiger partial charge in [-0.05, 0) is 37.1 Å². The minimum Gasteiger partial charge on any atom is -0.377 e. The highest BCUT2D eigenvalue weighted by Crippen LogP contribution is 2.21. The van der Waals surface area contributed by atoms with E-state index < -0.39 is 16.6 Å². The number of ether oxygens (including phenoxy) is 1. The Hall–Kier alpha value is -1.25. The number of halogens is 1. The molecule has 0 saturated carbocycles. The van der Waals surface area contributed by atoms with Crippen LogP contribution in [0.1, 0.15) is 24.5 Å². The zero-order chi connectivity index (χ0) is 13.1. The van der Waals surface area contributed by atoms with Gasteiger partial charge in [0.25, 0.3) is 0 Å². The zero-order valence-electron chi connectivity index (χ0n) is 10.1. The lowest BCUT2D eigenvalue weighted by Gasteiger charge is -2.13. The number of benzene rings is 1. The highest BCUT2D eigenvalue weighted by molar-refractivity contribution is 7.84. The van der Waals surface area contributed by atoms with Crippen LogP contribution in [0, 0.1) is 17.1 Å². The van der Waals surface area contributed by atoms with E-state index >= 15 is 0 Å². The van der Waals surface area contributed by atoms with E-state index in [1.807, 2.05) is 13.0 Å². The third kappa shape index (κ3) is 2.95. The summed E-state index contributed by atoms with van der Waals surface area (Å²) in [6, 6.07) is 5.99. The molecule has 1 aromatic carbocycles. The largest absolute Gasteiger partial charge is 0.377 e. The first-order valence-electron chi connectivity index (χ1n) is 5.78. The van der Waals surface area contributed by atoms with Gasteiger partial charge in [0.1, 0.15) is 5.82 Å². The molecular weight excluding hydrogens is 253 g/mol. The Morgan fingerprint density at radius 1 is 1.56 bits per heavy atom. The van der Waals surface area contributed by atoms with Gasteiger partial charge in [-0.1, -0.05) is 0 Å². The summed E-state index contributed by atoms with van der Waals surface area (Å²) >= 11 is 0. The normalized spacial score (nSPS) is 24.7. The van der Waals surface area contributed by atoms with Crippen LogP contribution in [-0.2, 0) is 21.3 Å². The molecule has 1 saturated heterocycles. The Balaban J connectivity index is 2.12. The van der Waals surface area contributed by atoms with Crippen LogP contribution < -0.4 is 0 Å². The molecule has 0 bridgehead atoms. The molecule has 96 valence electrons. The number of hydrogen-bond donors (Lipinski definition) is 0. The summed E-state index contributed by atoms with van der Waals surface area (Å²) in [7, 11) is -1.10. The number of nitrogens with zero attached hydrogens (tertiary/aromatic N) is 1. The number of nitriles is 1. The SMILES string of the molecule is CC1OCCC1S(=O)Cc1cc(F)cc(C#N)c1. The molecule has 3 atom stereocenters. The molecule has 0 spiro atoms. The molecule has 0 amide bonds. The van der Waals surface area contributed by atoms with E-state index in [0.717, 1.165) is 6.42 Å². The van der Waals surface area contributed by atoms with Crippen molar-refractivity contribution in [1.29, 1.82) is 5.26 Å². The van der Waals surface area contributed by atoms with Gasteiger partial charge >= 0.3 is 0 Å². The van der Waals surface area contributed by atoms with Crippen molar-refractivity contribution in [2.24, 2.45) is 0 Å². The molecule has 0 radical (unpaired) electrons. The summed E-state index contributed by atoms with van der Waals surface area (Å²) < 4.78 is 30.8. The molecule has 18 heavy (non-hydrogen) atoms. The summed E-state index contributed by atoms with van der Waals surface area (Å²) in [6.07, 6.45) is 0.753. The van der Waals surface area contributed by atoms with E-state index in [-0.39, 0.29) is 22.7 Å². The monoisotopic (exact) mass is 267 g/mol. The standard InChI is InChI=1S/C13H14FNO2S/c1-9-13(2-3-17-9)18(16)8-11-4-10(7-15)5-12(14)6-11/h4-6,9,13H,2-3,8H2,1H3. The average molecular weight is 267 g/mol. The maximum Gasteiger partial charge on any atom is 0.124 e. The van der Waals surface area contributed by atoms with Crippen LogP contribution in [0.15, 0.2) is 18.2 Å². The smallest absolute Gasteiger partial charge is 0.124 e. The number of hydrogen-bond acceptors (Lipinski definition) is 3. The van der Waals surface area contributed by atoms with Crippen LogP contribution in [0.4, 0.5) is 4.39 Å². The Labute approximate surface area is 108 Å². The molecule has 3 nitrogen and oxygen atoms in total. The Morgan fingerprint density at radius 2 is 2.33 bits per heavy atom. The maximum atomic E-state index is 13.2. The predicted octanol–water partition coefficient (Wildman–Crippen LogP) is 2.12. The molecule has 1 aromatic rings. The lowest BCUT2D eigenvalue weighted by Crippen LogP contribution is -2.24. The topological polar surface area (TPSA) is 50.1 Å². The molecule has 5 heteroatoms. The molecular formula is C13H14FNO2S. The summed E-state index contributed by atoms with van der Waals surface area (Å²) in [5.41, 5.74) is 0.863. The van der Waals surface area contributed by atoms with Gasteiger partial charge < -0.3 is 4.74 Å². The van der Waals surface area contributed by atoms with Crippen LogP contribution in [0.25, 0.3) is 0 Å². The van der Waals surface area contributed by atoms with Crippen LogP contribution in [-0.4, -0.2) is 22.2 Å². The van der Waals surface area contributed by atoms with Gasteiger partial charge in [-0.3, -0.25) is 4.21 Å². The Kier molecular flexibility index (Phi) is 4.10. The molecule has 1 aliphatic rings. The van der Waals surface area contributed by atoms with E-state index in [2.05, 4.69) is 0 Å². The summed E-state index contributed by atoms with van der Waals surface area (Å²) in [5, 5.41) is 8.76. The molecule has 1 heterocycles. The van der Waals surface area contributed by atoms with Crippen LogP contribution in [0.2, 0.25) is 0 Å². The predicted molar refractivity (Wildman–Crippen MR) is 66.8 cm³/mol. The first kappa shape index (κ1) is 13.2. The van der Waals surface area contributed by atoms with Crippen molar-refractivity contribution < 1.29 is 13.3 Å². The molecule has 0 aliphatic carbocycles. The minimum atomic E-state index is -1.10. The molecule has 1 aliphatic heterocycles. The zero-order valence-corrected chi connectivity index (χ0v) is 10.9. The summed E-state index contributed by atoms with van der Waals surface area (Å²) in [5.74, 6) is -0.193. The minimum absolute atomic E-state index is 0.00111. The van der Waals surface area contributed by atoms with Gasteiger partial charge in [0, 0.05) is 23.2 Å². The van der Waals surface area contributed by atoms with Crippen molar-refractivity contribution in [2.75, 3.05) is 6.61 Å². The Morgan fingerprint density at radius 3 is 2.94 bits per heavy atom. The summed E-state index contributed by atoms with van der Waals surface area (Å²) in [4.78, 5) is 0. The third-order valence-corrected chi connectivity index (χ3v) is 4.95. The second-order valence-corrected chi connectivity index (χ2v) is 6.04. The fourth-order valence-corrected chi connectivity index (χ4v) is 3.70. The van der Waals surface area contributed by atoms with Gasteiger partial charge in [-0.2, -0.15) is 5.26 Å². The molecule has 0 N–H and O–H groups in total. The molecule has 0 aromatic heterocycles. The van der Waals surface area contributed by atoms with Crippen molar-refractivity contribution in [1.82, 2.24) is 0 Å². The third-order valence-electron chi connectivity index (χ3n) is 3.04. The van der Waals surface area contributed by atoms with Crippen molar-refractivity contribution in [3.63, 3.8) is 0 Å². The van der Waals surface area contributed by atoms with Crippen molar-refractivity contribution >= 4 is 10.8 Å². The van der Waals surface area contributed by atoms with E-state index in [1.165, 1.54) is 12.1 Å². The second-order valence-electron chi connectivity index (χ2n) is 4.39. The van der Waals surface area contributed by atoms with Crippen LogP contribution in [0.5, 0.6) is 0 Å².